The summed E-state index contributed by atoms with van der Waals surface area (Å²) in [6.45, 7) is 12.4. The first kappa shape index (κ1) is 38.8. The normalized spacial score (nSPS) is 11.7. The number of phenols is 1. The molecule has 0 amide bonds. The SMILES string of the molecule is CCCC(=O)OCCOCCOCCOCCOCCOCCOC(=O)CCc1cc(-n2nc3ccccc3n2)c(O)c(C(C)(C)C)c1. The standard InChI is InChI=1S/C35H51N3O10/c1-5-8-32(39)47-23-21-45-19-17-43-15-13-42-14-16-44-18-20-46-22-24-48-33(40)12-11-27-25-28(35(2,3)4)34(41)31(26-27)38-36-29-9-6-7-10-30(29)37-38/h6-7,9-10,25-26,41H,5,8,11-24H2,1-4H3. The van der Waals surface area contributed by atoms with Gasteiger partial charge in [-0.05, 0) is 42.0 Å². The molecule has 1 aromatic heterocycles. The summed E-state index contributed by atoms with van der Waals surface area (Å²) in [5.41, 5.74) is 3.21. The van der Waals surface area contributed by atoms with Gasteiger partial charge < -0.3 is 38.3 Å². The van der Waals surface area contributed by atoms with Gasteiger partial charge in [0.05, 0.1) is 66.1 Å². The molecule has 0 spiro atoms. The van der Waals surface area contributed by atoms with Crippen LogP contribution in [0.2, 0.25) is 0 Å². The minimum absolute atomic E-state index is 0.118. The molecule has 0 bridgehead atoms. The fourth-order valence-electron chi connectivity index (χ4n) is 4.52. The van der Waals surface area contributed by atoms with Gasteiger partial charge >= 0.3 is 11.9 Å². The maximum absolute atomic E-state index is 12.4. The molecule has 0 saturated carbocycles. The smallest absolute Gasteiger partial charge is 0.306 e. The molecule has 0 unspecified atom stereocenters. The van der Waals surface area contributed by atoms with Crippen LogP contribution >= 0.6 is 0 Å². The molecule has 48 heavy (non-hydrogen) atoms. The van der Waals surface area contributed by atoms with E-state index in [1.165, 1.54) is 4.80 Å². The number of esters is 2. The first-order valence-electron chi connectivity index (χ1n) is 16.6. The predicted molar refractivity (Wildman–Crippen MR) is 178 cm³/mol. The van der Waals surface area contributed by atoms with Crippen LogP contribution in [0.3, 0.4) is 0 Å². The largest absolute Gasteiger partial charge is 0.505 e. The summed E-state index contributed by atoms with van der Waals surface area (Å²) in [6, 6.07) is 11.3. The number of benzene rings is 2. The Morgan fingerprint density at radius 3 is 1.56 bits per heavy atom. The molecule has 0 aliphatic carbocycles. The second kappa shape index (κ2) is 21.4. The summed E-state index contributed by atoms with van der Waals surface area (Å²) in [6.07, 6.45) is 1.82. The van der Waals surface area contributed by atoms with Crippen LogP contribution in [0.5, 0.6) is 5.75 Å². The Kier molecular flexibility index (Phi) is 17.3. The van der Waals surface area contributed by atoms with Crippen molar-refractivity contribution in [3.05, 3.63) is 47.5 Å². The number of aromatic nitrogens is 3. The van der Waals surface area contributed by atoms with Gasteiger partial charge in [0.1, 0.15) is 35.7 Å². The van der Waals surface area contributed by atoms with Crippen molar-refractivity contribution in [2.75, 3.05) is 79.3 Å². The highest BCUT2D eigenvalue weighted by molar-refractivity contribution is 5.74. The third kappa shape index (κ3) is 14.2. The first-order chi connectivity index (χ1) is 23.2. The zero-order valence-corrected chi connectivity index (χ0v) is 28.7. The molecule has 0 radical (unpaired) electrons. The number of rotatable bonds is 24. The van der Waals surface area contributed by atoms with E-state index in [2.05, 4.69) is 10.2 Å². The monoisotopic (exact) mass is 673 g/mol. The van der Waals surface area contributed by atoms with E-state index in [0.29, 0.717) is 78.0 Å². The van der Waals surface area contributed by atoms with Crippen molar-refractivity contribution < 1.29 is 47.9 Å². The molecule has 13 nitrogen and oxygen atoms in total. The summed E-state index contributed by atoms with van der Waals surface area (Å²) in [5.74, 6) is -0.413. The minimum atomic E-state index is -0.337. The van der Waals surface area contributed by atoms with Crippen LogP contribution in [0.1, 0.15) is 58.1 Å². The minimum Gasteiger partial charge on any atom is -0.505 e. The number of phenolic OH excluding ortho intramolecular Hbond substituents is 1. The lowest BCUT2D eigenvalue weighted by molar-refractivity contribution is -0.146. The van der Waals surface area contributed by atoms with Crippen LogP contribution in [0.25, 0.3) is 16.7 Å². The highest BCUT2D eigenvalue weighted by Gasteiger charge is 2.23. The summed E-state index contributed by atoms with van der Waals surface area (Å²) in [7, 11) is 0. The van der Waals surface area contributed by atoms with E-state index in [1.54, 1.807) is 0 Å². The zero-order valence-electron chi connectivity index (χ0n) is 28.7. The van der Waals surface area contributed by atoms with Crippen molar-refractivity contribution in [2.45, 2.75) is 58.8 Å². The van der Waals surface area contributed by atoms with Crippen molar-refractivity contribution in [3.8, 4) is 11.4 Å². The number of carbonyl (C=O) groups excluding carboxylic acids is 2. The maximum atomic E-state index is 12.4. The topological polar surface area (TPSA) is 150 Å². The molecule has 0 aliphatic rings. The van der Waals surface area contributed by atoms with E-state index in [0.717, 1.165) is 28.6 Å². The highest BCUT2D eigenvalue weighted by Crippen LogP contribution is 2.36. The van der Waals surface area contributed by atoms with Crippen LogP contribution in [0.4, 0.5) is 0 Å². The Labute approximate surface area is 282 Å². The Morgan fingerprint density at radius 2 is 1.12 bits per heavy atom. The summed E-state index contributed by atoms with van der Waals surface area (Å²) in [5, 5.41) is 20.2. The van der Waals surface area contributed by atoms with Crippen molar-refractivity contribution in [2.24, 2.45) is 0 Å². The van der Waals surface area contributed by atoms with Gasteiger partial charge in [-0.3, -0.25) is 9.59 Å². The summed E-state index contributed by atoms with van der Waals surface area (Å²) < 4.78 is 37.5. The molecule has 3 rings (SSSR count). The lowest BCUT2D eigenvalue weighted by Crippen LogP contribution is -2.16. The van der Waals surface area contributed by atoms with Gasteiger partial charge in [0.25, 0.3) is 0 Å². The Hall–Kier alpha value is -3.62. The van der Waals surface area contributed by atoms with Crippen LogP contribution in [0, 0.1) is 0 Å². The molecule has 0 saturated heterocycles. The van der Waals surface area contributed by atoms with Gasteiger partial charge in [0.15, 0.2) is 0 Å². The van der Waals surface area contributed by atoms with E-state index in [1.807, 2.05) is 64.1 Å². The van der Waals surface area contributed by atoms with Gasteiger partial charge in [-0.1, -0.05) is 45.9 Å². The van der Waals surface area contributed by atoms with Gasteiger partial charge in [0, 0.05) is 18.4 Å². The average molecular weight is 674 g/mol. The van der Waals surface area contributed by atoms with Crippen molar-refractivity contribution in [1.82, 2.24) is 15.0 Å². The number of carbonyl (C=O) groups is 2. The zero-order chi connectivity index (χ0) is 34.6. The Morgan fingerprint density at radius 1 is 0.688 bits per heavy atom. The molecule has 1 N–H and O–H groups in total. The second-order valence-electron chi connectivity index (χ2n) is 12.0. The summed E-state index contributed by atoms with van der Waals surface area (Å²) >= 11 is 0. The molecule has 3 aromatic rings. The fourth-order valence-corrected chi connectivity index (χ4v) is 4.52. The highest BCUT2D eigenvalue weighted by atomic mass is 16.6. The quantitative estimate of drug-likeness (QED) is 0.107. The molecule has 13 heteroatoms. The summed E-state index contributed by atoms with van der Waals surface area (Å²) in [4.78, 5) is 25.1. The molecule has 0 atom stereocenters. The molecule has 1 heterocycles. The fraction of sp³-hybridized carbons (Fsp3) is 0.600. The van der Waals surface area contributed by atoms with Gasteiger partial charge in [-0.2, -0.15) is 0 Å². The predicted octanol–water partition coefficient (Wildman–Crippen LogP) is 4.33. The Bertz CT molecular complexity index is 1360. The third-order valence-electron chi connectivity index (χ3n) is 7.00. The van der Waals surface area contributed by atoms with Crippen molar-refractivity contribution in [1.29, 1.82) is 0 Å². The van der Waals surface area contributed by atoms with Crippen LogP contribution < -0.4 is 0 Å². The van der Waals surface area contributed by atoms with Crippen LogP contribution in [-0.2, 0) is 54.6 Å². The first-order valence-corrected chi connectivity index (χ1v) is 16.6. The number of fused-ring (bicyclic) bond motifs is 1. The van der Waals surface area contributed by atoms with Gasteiger partial charge in [-0.25, -0.2) is 0 Å². The number of ether oxygens (including phenoxy) is 7. The van der Waals surface area contributed by atoms with Crippen molar-refractivity contribution >= 4 is 23.0 Å². The number of hydrogen-bond acceptors (Lipinski definition) is 12. The molecule has 266 valence electrons. The molecular formula is C35H51N3O10. The lowest BCUT2D eigenvalue weighted by Gasteiger charge is -2.23. The number of hydrogen-bond donors (Lipinski definition) is 1. The second-order valence-corrected chi connectivity index (χ2v) is 12.0. The number of aromatic hydroxyl groups is 1. The van der Waals surface area contributed by atoms with Crippen molar-refractivity contribution in [3.63, 3.8) is 0 Å². The molecule has 0 aliphatic heterocycles. The van der Waals surface area contributed by atoms with Crippen LogP contribution in [0.15, 0.2) is 36.4 Å². The van der Waals surface area contributed by atoms with E-state index >= 15 is 0 Å². The van der Waals surface area contributed by atoms with Gasteiger partial charge in [0.2, 0.25) is 0 Å². The van der Waals surface area contributed by atoms with E-state index in [4.69, 9.17) is 33.2 Å². The molecule has 2 aromatic carbocycles. The van der Waals surface area contributed by atoms with Crippen LogP contribution in [-0.4, -0.2) is 111 Å². The van der Waals surface area contributed by atoms with E-state index in [9.17, 15) is 14.7 Å². The molecule has 0 fully saturated rings. The van der Waals surface area contributed by atoms with E-state index in [-0.39, 0.29) is 49.3 Å². The number of aryl methyl sites for hydroxylation is 1. The maximum Gasteiger partial charge on any atom is 0.306 e. The van der Waals surface area contributed by atoms with E-state index < -0.39 is 0 Å². The molecular weight excluding hydrogens is 622 g/mol. The van der Waals surface area contributed by atoms with Gasteiger partial charge in [-0.15, -0.1) is 15.0 Å². The Balaban J connectivity index is 1.20. The average Bonchev–Trinajstić information content (AvgIpc) is 3.49. The third-order valence-corrected chi connectivity index (χ3v) is 7.00. The number of nitrogens with zero attached hydrogens (tertiary/aromatic N) is 3. The lowest BCUT2D eigenvalue weighted by atomic mass is 9.84.